The first-order valence-electron chi connectivity index (χ1n) is 5.13. The van der Waals surface area contributed by atoms with Crippen molar-refractivity contribution >= 4 is 17.6 Å². The molecule has 2 rings (SSSR count). The van der Waals surface area contributed by atoms with E-state index >= 15 is 0 Å². The van der Waals surface area contributed by atoms with Gasteiger partial charge in [-0.15, -0.1) is 10.2 Å². The van der Waals surface area contributed by atoms with Crippen molar-refractivity contribution in [2.45, 2.75) is 6.61 Å². The van der Waals surface area contributed by atoms with Crippen molar-refractivity contribution < 1.29 is 23.4 Å². The number of carboxylic acid groups (broad SMARTS) is 1. The Kier molecular flexibility index (Phi) is 4.08. The summed E-state index contributed by atoms with van der Waals surface area (Å²) in [5.41, 5.74) is 0.461. The molecule has 0 saturated heterocycles. The largest absolute Gasteiger partial charge is 0.480 e. The molecule has 0 aliphatic carbocycles. The summed E-state index contributed by atoms with van der Waals surface area (Å²) >= 11 is 5.63. The van der Waals surface area contributed by atoms with Crippen LogP contribution in [0, 0.1) is 5.82 Å². The Morgan fingerprint density at radius 3 is 2.95 bits per heavy atom. The molecule has 0 amide bonds. The second kappa shape index (κ2) is 5.77. The molecular formula is C11H8ClFN2O4. The van der Waals surface area contributed by atoms with E-state index in [2.05, 4.69) is 10.2 Å². The van der Waals surface area contributed by atoms with Crippen LogP contribution < -0.4 is 0 Å². The molecule has 0 aliphatic rings. The zero-order valence-electron chi connectivity index (χ0n) is 9.47. The van der Waals surface area contributed by atoms with E-state index in [0.29, 0.717) is 5.56 Å². The Balaban J connectivity index is 2.07. The SMILES string of the molecule is O=C(O)COCc1nnc(-c2ccc(F)c(Cl)c2)o1. The fraction of sp³-hybridized carbons (Fsp3) is 0.182. The monoisotopic (exact) mass is 286 g/mol. The topological polar surface area (TPSA) is 85.5 Å². The van der Waals surface area contributed by atoms with Crippen LogP contribution in [0.5, 0.6) is 0 Å². The summed E-state index contributed by atoms with van der Waals surface area (Å²) in [6.45, 7) is -0.575. The predicted molar refractivity (Wildman–Crippen MR) is 62.0 cm³/mol. The van der Waals surface area contributed by atoms with Gasteiger partial charge in [0.05, 0.1) is 5.02 Å². The second-order valence-electron chi connectivity index (χ2n) is 3.52. The molecule has 0 fully saturated rings. The number of hydrogen-bond donors (Lipinski definition) is 1. The molecule has 1 N–H and O–H groups in total. The highest BCUT2D eigenvalue weighted by Gasteiger charge is 2.11. The number of ether oxygens (including phenoxy) is 1. The van der Waals surface area contributed by atoms with Gasteiger partial charge in [-0.1, -0.05) is 11.6 Å². The van der Waals surface area contributed by atoms with Gasteiger partial charge in [-0.25, -0.2) is 9.18 Å². The van der Waals surface area contributed by atoms with Gasteiger partial charge in [0.2, 0.25) is 11.8 Å². The molecule has 19 heavy (non-hydrogen) atoms. The average Bonchev–Trinajstić information content (AvgIpc) is 2.81. The minimum absolute atomic E-state index is 0.0561. The van der Waals surface area contributed by atoms with Crippen LogP contribution >= 0.6 is 11.6 Å². The third-order valence-corrected chi connectivity index (χ3v) is 2.37. The standard InChI is InChI=1S/C11H8ClFN2O4/c12-7-3-6(1-2-8(7)13)11-15-14-9(19-11)4-18-5-10(16)17/h1-3H,4-5H2,(H,16,17). The summed E-state index contributed by atoms with van der Waals surface area (Å²) in [5.74, 6) is -1.37. The maximum Gasteiger partial charge on any atom is 0.329 e. The van der Waals surface area contributed by atoms with E-state index in [0.717, 1.165) is 0 Å². The van der Waals surface area contributed by atoms with Gasteiger partial charge in [0.25, 0.3) is 0 Å². The lowest BCUT2D eigenvalue weighted by molar-refractivity contribution is -0.142. The Morgan fingerprint density at radius 2 is 2.26 bits per heavy atom. The lowest BCUT2D eigenvalue weighted by Crippen LogP contribution is -2.06. The molecule has 1 aromatic carbocycles. The van der Waals surface area contributed by atoms with Crippen molar-refractivity contribution in [2.75, 3.05) is 6.61 Å². The molecule has 0 saturated carbocycles. The van der Waals surface area contributed by atoms with Gasteiger partial charge in [0, 0.05) is 5.56 Å². The molecule has 1 heterocycles. The molecule has 1 aromatic heterocycles. The van der Waals surface area contributed by atoms with Gasteiger partial charge >= 0.3 is 5.97 Å². The minimum atomic E-state index is -1.09. The van der Waals surface area contributed by atoms with E-state index in [1.165, 1.54) is 18.2 Å². The highest BCUT2D eigenvalue weighted by atomic mass is 35.5. The number of aliphatic carboxylic acids is 1. The van der Waals surface area contributed by atoms with E-state index in [9.17, 15) is 9.18 Å². The van der Waals surface area contributed by atoms with Crippen LogP contribution in [-0.2, 0) is 16.1 Å². The summed E-state index contributed by atoms with van der Waals surface area (Å²) in [6, 6.07) is 3.98. The van der Waals surface area contributed by atoms with Crippen LogP contribution in [-0.4, -0.2) is 27.9 Å². The van der Waals surface area contributed by atoms with E-state index in [1.807, 2.05) is 0 Å². The van der Waals surface area contributed by atoms with Crippen molar-refractivity contribution in [2.24, 2.45) is 0 Å². The number of carbonyl (C=O) groups is 1. The van der Waals surface area contributed by atoms with Crippen LogP contribution in [0.3, 0.4) is 0 Å². The average molecular weight is 287 g/mol. The number of hydrogen-bond acceptors (Lipinski definition) is 5. The first-order valence-corrected chi connectivity index (χ1v) is 5.51. The zero-order chi connectivity index (χ0) is 13.8. The van der Waals surface area contributed by atoms with Gasteiger partial charge < -0.3 is 14.3 Å². The van der Waals surface area contributed by atoms with Gasteiger partial charge in [-0.05, 0) is 18.2 Å². The quantitative estimate of drug-likeness (QED) is 0.906. The van der Waals surface area contributed by atoms with Gasteiger partial charge in [0.1, 0.15) is 19.0 Å². The number of halogens is 2. The Hall–Kier alpha value is -1.99. The molecule has 8 heteroatoms. The molecule has 0 bridgehead atoms. The van der Waals surface area contributed by atoms with Gasteiger partial charge in [-0.2, -0.15) is 0 Å². The summed E-state index contributed by atoms with van der Waals surface area (Å²) in [7, 11) is 0. The number of aromatic nitrogens is 2. The van der Waals surface area contributed by atoms with E-state index in [-0.39, 0.29) is 23.4 Å². The molecule has 100 valence electrons. The van der Waals surface area contributed by atoms with E-state index in [1.54, 1.807) is 0 Å². The maximum atomic E-state index is 13.0. The Labute approximate surface area is 111 Å². The summed E-state index contributed by atoms with van der Waals surface area (Å²) in [6.07, 6.45) is 0. The maximum absolute atomic E-state index is 13.0. The third kappa shape index (κ3) is 3.49. The van der Waals surface area contributed by atoms with Crippen molar-refractivity contribution in [1.82, 2.24) is 10.2 Å². The van der Waals surface area contributed by atoms with Crippen LogP contribution in [0.15, 0.2) is 22.6 Å². The number of benzene rings is 1. The molecule has 0 aliphatic heterocycles. The van der Waals surface area contributed by atoms with E-state index < -0.39 is 18.4 Å². The molecule has 0 atom stereocenters. The van der Waals surface area contributed by atoms with Crippen LogP contribution in [0.2, 0.25) is 5.02 Å². The summed E-state index contributed by atoms with van der Waals surface area (Å²) < 4.78 is 23.0. The van der Waals surface area contributed by atoms with Crippen molar-refractivity contribution in [3.8, 4) is 11.5 Å². The predicted octanol–water partition coefficient (Wildman–Crippen LogP) is 2.13. The first-order chi connectivity index (χ1) is 9.06. The normalized spacial score (nSPS) is 10.6. The number of rotatable bonds is 5. The van der Waals surface area contributed by atoms with Crippen molar-refractivity contribution in [3.63, 3.8) is 0 Å². The van der Waals surface area contributed by atoms with Crippen LogP contribution in [0.25, 0.3) is 11.5 Å². The smallest absolute Gasteiger partial charge is 0.329 e. The molecule has 0 spiro atoms. The lowest BCUT2D eigenvalue weighted by Gasteiger charge is -1.97. The lowest BCUT2D eigenvalue weighted by atomic mass is 10.2. The van der Waals surface area contributed by atoms with E-state index in [4.69, 9.17) is 25.9 Å². The fourth-order valence-electron chi connectivity index (χ4n) is 1.28. The van der Waals surface area contributed by atoms with Crippen molar-refractivity contribution in [3.05, 3.63) is 34.9 Å². The molecule has 2 aromatic rings. The van der Waals surface area contributed by atoms with Gasteiger partial charge in [-0.3, -0.25) is 0 Å². The number of carboxylic acids is 1. The Bertz CT molecular complexity index is 602. The minimum Gasteiger partial charge on any atom is -0.480 e. The van der Waals surface area contributed by atoms with Crippen LogP contribution in [0.4, 0.5) is 4.39 Å². The number of nitrogens with zero attached hydrogens (tertiary/aromatic N) is 2. The Morgan fingerprint density at radius 1 is 1.47 bits per heavy atom. The highest BCUT2D eigenvalue weighted by Crippen LogP contribution is 2.23. The first kappa shape index (κ1) is 13.4. The molecule has 6 nitrogen and oxygen atoms in total. The third-order valence-electron chi connectivity index (χ3n) is 2.08. The molecule has 0 radical (unpaired) electrons. The molecule has 0 unspecified atom stereocenters. The van der Waals surface area contributed by atoms with Crippen LogP contribution in [0.1, 0.15) is 5.89 Å². The molecular weight excluding hydrogens is 279 g/mol. The highest BCUT2D eigenvalue weighted by molar-refractivity contribution is 6.31. The second-order valence-corrected chi connectivity index (χ2v) is 3.92. The summed E-state index contributed by atoms with van der Waals surface area (Å²) in [4.78, 5) is 10.2. The summed E-state index contributed by atoms with van der Waals surface area (Å²) in [5, 5.41) is 15.7. The fourth-order valence-corrected chi connectivity index (χ4v) is 1.46. The van der Waals surface area contributed by atoms with Gasteiger partial charge in [0.15, 0.2) is 0 Å². The van der Waals surface area contributed by atoms with Crippen molar-refractivity contribution in [1.29, 1.82) is 0 Å². The zero-order valence-corrected chi connectivity index (χ0v) is 10.2.